The van der Waals surface area contributed by atoms with E-state index < -0.39 is 0 Å². The molecule has 0 atom stereocenters. The molecule has 0 radical (unpaired) electrons. The molecule has 1 aromatic heterocycles. The number of rotatable bonds is 4. The molecule has 1 aliphatic rings. The van der Waals surface area contributed by atoms with E-state index in [1.54, 1.807) is 23.2 Å². The van der Waals surface area contributed by atoms with Crippen molar-refractivity contribution in [1.29, 1.82) is 0 Å². The van der Waals surface area contributed by atoms with Crippen LogP contribution in [0.2, 0.25) is 0 Å². The molecular formula is C17H17N3O2. The van der Waals surface area contributed by atoms with Crippen LogP contribution in [0.25, 0.3) is 0 Å². The van der Waals surface area contributed by atoms with E-state index in [1.165, 1.54) is 0 Å². The largest absolute Gasteiger partial charge is 0.353 e. The fourth-order valence-corrected chi connectivity index (χ4v) is 2.52. The molecule has 0 N–H and O–H groups in total. The second-order valence-corrected chi connectivity index (χ2v) is 5.23. The van der Waals surface area contributed by atoms with E-state index in [9.17, 15) is 9.59 Å². The zero-order valence-corrected chi connectivity index (χ0v) is 12.2. The Morgan fingerprint density at radius 1 is 0.955 bits per heavy atom. The van der Waals surface area contributed by atoms with E-state index >= 15 is 0 Å². The van der Waals surface area contributed by atoms with Crippen molar-refractivity contribution in [2.75, 3.05) is 31.1 Å². The van der Waals surface area contributed by atoms with Gasteiger partial charge in [0.2, 0.25) is 6.41 Å². The van der Waals surface area contributed by atoms with Crippen LogP contribution in [0.15, 0.2) is 48.7 Å². The lowest BCUT2D eigenvalue weighted by molar-refractivity contribution is -0.118. The van der Waals surface area contributed by atoms with Gasteiger partial charge in [0, 0.05) is 43.5 Å². The lowest BCUT2D eigenvalue weighted by atomic mass is 10.1. The van der Waals surface area contributed by atoms with Crippen molar-refractivity contribution in [3.8, 4) is 0 Å². The van der Waals surface area contributed by atoms with Gasteiger partial charge >= 0.3 is 0 Å². The Morgan fingerprint density at radius 3 is 2.27 bits per heavy atom. The average molecular weight is 295 g/mol. The monoisotopic (exact) mass is 295 g/mol. The van der Waals surface area contributed by atoms with Crippen molar-refractivity contribution in [2.45, 2.75) is 0 Å². The van der Waals surface area contributed by atoms with Gasteiger partial charge in [0.05, 0.1) is 0 Å². The van der Waals surface area contributed by atoms with Crippen LogP contribution in [-0.2, 0) is 4.79 Å². The van der Waals surface area contributed by atoms with E-state index in [0.717, 1.165) is 25.3 Å². The van der Waals surface area contributed by atoms with Crippen LogP contribution in [0.4, 0.5) is 5.82 Å². The summed E-state index contributed by atoms with van der Waals surface area (Å²) in [6, 6.07) is 12.9. The van der Waals surface area contributed by atoms with Gasteiger partial charge < -0.3 is 9.80 Å². The zero-order valence-electron chi connectivity index (χ0n) is 12.2. The minimum absolute atomic E-state index is 0.0228. The summed E-state index contributed by atoms with van der Waals surface area (Å²) >= 11 is 0. The number of hydrogen-bond donors (Lipinski definition) is 0. The lowest BCUT2D eigenvalue weighted by Crippen LogP contribution is -2.46. The summed E-state index contributed by atoms with van der Waals surface area (Å²) in [5, 5.41) is 0. The van der Waals surface area contributed by atoms with Crippen molar-refractivity contribution in [3.05, 3.63) is 59.8 Å². The topological polar surface area (TPSA) is 53.5 Å². The highest BCUT2D eigenvalue weighted by molar-refractivity contribution is 6.08. The molecule has 2 aromatic rings. The highest BCUT2D eigenvalue weighted by Gasteiger charge is 2.17. The van der Waals surface area contributed by atoms with Crippen LogP contribution in [0, 0.1) is 0 Å². The van der Waals surface area contributed by atoms with E-state index in [1.807, 2.05) is 30.3 Å². The first kappa shape index (κ1) is 14.3. The summed E-state index contributed by atoms with van der Waals surface area (Å²) in [5.41, 5.74) is 1.25. The number of piperazine rings is 1. The third-order valence-electron chi connectivity index (χ3n) is 3.83. The molecule has 112 valence electrons. The fourth-order valence-electron chi connectivity index (χ4n) is 2.52. The van der Waals surface area contributed by atoms with Crippen LogP contribution < -0.4 is 4.90 Å². The Balaban J connectivity index is 1.71. The Kier molecular flexibility index (Phi) is 4.14. The molecule has 3 rings (SSSR count). The van der Waals surface area contributed by atoms with Gasteiger partial charge in [-0.15, -0.1) is 0 Å². The maximum absolute atomic E-state index is 12.3. The van der Waals surface area contributed by atoms with Gasteiger partial charge in [0.25, 0.3) is 0 Å². The number of hydrogen-bond acceptors (Lipinski definition) is 4. The molecule has 2 heterocycles. The maximum atomic E-state index is 12.3. The van der Waals surface area contributed by atoms with Gasteiger partial charge in [-0.1, -0.05) is 30.3 Å². The van der Waals surface area contributed by atoms with Crippen molar-refractivity contribution in [1.82, 2.24) is 9.88 Å². The number of amides is 1. The van der Waals surface area contributed by atoms with E-state index in [-0.39, 0.29) is 5.78 Å². The highest BCUT2D eigenvalue weighted by Crippen LogP contribution is 2.15. The number of nitrogens with zero attached hydrogens (tertiary/aromatic N) is 3. The molecular weight excluding hydrogens is 278 g/mol. The first-order chi connectivity index (χ1) is 10.8. The standard InChI is InChI=1S/C17H17N3O2/c21-13-19-8-10-20(11-9-19)16-7-6-15(12-18-16)17(22)14-4-2-1-3-5-14/h1-7,12-13H,8-11H2. The summed E-state index contributed by atoms with van der Waals surface area (Å²) in [4.78, 5) is 31.3. The molecule has 1 amide bonds. The minimum atomic E-state index is -0.0228. The number of aromatic nitrogens is 1. The van der Waals surface area contributed by atoms with Crippen molar-refractivity contribution in [3.63, 3.8) is 0 Å². The smallest absolute Gasteiger partial charge is 0.209 e. The molecule has 22 heavy (non-hydrogen) atoms. The maximum Gasteiger partial charge on any atom is 0.209 e. The van der Waals surface area contributed by atoms with Crippen LogP contribution in [0.1, 0.15) is 15.9 Å². The average Bonchev–Trinajstić information content (AvgIpc) is 2.62. The number of carbonyl (C=O) groups excluding carboxylic acids is 2. The SMILES string of the molecule is O=CN1CCN(c2ccc(C(=O)c3ccccc3)cn2)CC1. The predicted octanol–water partition coefficient (Wildman–Crippen LogP) is 1.59. The molecule has 0 unspecified atom stereocenters. The number of pyridine rings is 1. The van der Waals surface area contributed by atoms with Crippen LogP contribution in [0.5, 0.6) is 0 Å². The lowest BCUT2D eigenvalue weighted by Gasteiger charge is -2.33. The molecule has 1 fully saturated rings. The third-order valence-corrected chi connectivity index (χ3v) is 3.83. The molecule has 1 aromatic carbocycles. The summed E-state index contributed by atoms with van der Waals surface area (Å²) in [7, 11) is 0. The van der Waals surface area contributed by atoms with Gasteiger partial charge in [0.1, 0.15) is 5.82 Å². The molecule has 0 bridgehead atoms. The van der Waals surface area contributed by atoms with Gasteiger partial charge in [0.15, 0.2) is 5.78 Å². The molecule has 1 aliphatic heterocycles. The zero-order chi connectivity index (χ0) is 15.4. The Labute approximate surface area is 129 Å². The Hall–Kier alpha value is -2.69. The van der Waals surface area contributed by atoms with Crippen LogP contribution in [-0.4, -0.2) is 48.3 Å². The van der Waals surface area contributed by atoms with E-state index in [4.69, 9.17) is 0 Å². The number of benzene rings is 1. The normalized spacial score (nSPS) is 14.7. The first-order valence-corrected chi connectivity index (χ1v) is 7.28. The Morgan fingerprint density at radius 2 is 1.68 bits per heavy atom. The molecule has 1 saturated heterocycles. The molecule has 0 spiro atoms. The second kappa shape index (κ2) is 6.39. The predicted molar refractivity (Wildman–Crippen MR) is 84.0 cm³/mol. The number of ketones is 1. The second-order valence-electron chi connectivity index (χ2n) is 5.23. The van der Waals surface area contributed by atoms with Gasteiger partial charge in [-0.3, -0.25) is 9.59 Å². The van der Waals surface area contributed by atoms with Crippen LogP contribution in [0.3, 0.4) is 0 Å². The molecule has 0 saturated carbocycles. The number of anilines is 1. The summed E-state index contributed by atoms with van der Waals surface area (Å²) in [5.74, 6) is 0.820. The van der Waals surface area contributed by atoms with Gasteiger partial charge in [-0.05, 0) is 12.1 Å². The van der Waals surface area contributed by atoms with E-state index in [2.05, 4.69) is 9.88 Å². The van der Waals surface area contributed by atoms with Gasteiger partial charge in [-0.25, -0.2) is 4.98 Å². The van der Waals surface area contributed by atoms with Crippen LogP contribution >= 0.6 is 0 Å². The summed E-state index contributed by atoms with van der Waals surface area (Å²) in [6.45, 7) is 2.93. The molecule has 5 nitrogen and oxygen atoms in total. The van der Waals surface area contributed by atoms with Gasteiger partial charge in [-0.2, -0.15) is 0 Å². The minimum Gasteiger partial charge on any atom is -0.353 e. The number of carbonyl (C=O) groups is 2. The quantitative estimate of drug-likeness (QED) is 0.635. The third kappa shape index (κ3) is 2.98. The first-order valence-electron chi connectivity index (χ1n) is 7.28. The molecule has 0 aliphatic carbocycles. The fraction of sp³-hybridized carbons (Fsp3) is 0.235. The van der Waals surface area contributed by atoms with Crippen molar-refractivity contribution >= 4 is 18.0 Å². The summed E-state index contributed by atoms with van der Waals surface area (Å²) < 4.78 is 0. The Bertz CT molecular complexity index is 647. The van der Waals surface area contributed by atoms with Crippen molar-refractivity contribution in [2.24, 2.45) is 0 Å². The summed E-state index contributed by atoms with van der Waals surface area (Å²) in [6.07, 6.45) is 2.50. The highest BCUT2D eigenvalue weighted by atomic mass is 16.1. The molecule has 5 heteroatoms. The van der Waals surface area contributed by atoms with E-state index in [0.29, 0.717) is 24.2 Å². The van der Waals surface area contributed by atoms with Crippen molar-refractivity contribution < 1.29 is 9.59 Å².